The number of Topliss-reactive ketones (excluding diaryl/α,β-unsaturated/α-hetero) is 1. The summed E-state index contributed by atoms with van der Waals surface area (Å²) in [5, 5.41) is 3.38. The highest BCUT2D eigenvalue weighted by Crippen LogP contribution is 2.26. The van der Waals surface area contributed by atoms with Gasteiger partial charge < -0.3 is 5.32 Å². The van der Waals surface area contributed by atoms with Gasteiger partial charge in [0.05, 0.1) is 12.2 Å². The molecule has 1 unspecified atom stereocenters. The van der Waals surface area contributed by atoms with Crippen LogP contribution < -0.4 is 5.32 Å². The first-order valence-corrected chi connectivity index (χ1v) is 7.13. The number of rotatable bonds is 3. The lowest BCUT2D eigenvalue weighted by Crippen LogP contribution is -2.48. The summed E-state index contributed by atoms with van der Waals surface area (Å²) in [6, 6.07) is 0.564. The fourth-order valence-electron chi connectivity index (χ4n) is 3.24. The van der Waals surface area contributed by atoms with E-state index in [9.17, 15) is 4.79 Å². The number of piperidine rings is 1. The van der Waals surface area contributed by atoms with Crippen molar-refractivity contribution in [3.8, 4) is 0 Å². The van der Waals surface area contributed by atoms with Crippen molar-refractivity contribution in [3.63, 3.8) is 0 Å². The van der Waals surface area contributed by atoms with Crippen LogP contribution in [0.25, 0.3) is 0 Å². The Labute approximate surface area is 113 Å². The standard InChI is InChI=1S/C14H20N4O/c19-14(12-10-16-7-8-17-12)13-2-1-9-18(13)11-3-5-15-6-4-11/h7-8,10-11,13,15H,1-6,9H2. The monoisotopic (exact) mass is 260 g/mol. The summed E-state index contributed by atoms with van der Waals surface area (Å²) in [5.41, 5.74) is 0.508. The number of likely N-dealkylation sites (tertiary alicyclic amines) is 1. The Morgan fingerprint density at radius 3 is 2.84 bits per heavy atom. The molecule has 102 valence electrons. The first kappa shape index (κ1) is 12.7. The van der Waals surface area contributed by atoms with Gasteiger partial charge >= 0.3 is 0 Å². The van der Waals surface area contributed by atoms with Crippen LogP contribution in [0.3, 0.4) is 0 Å². The van der Waals surface area contributed by atoms with Crippen LogP contribution in [0, 0.1) is 0 Å². The molecule has 19 heavy (non-hydrogen) atoms. The van der Waals surface area contributed by atoms with Gasteiger partial charge in [0.15, 0.2) is 5.78 Å². The number of hydrogen-bond acceptors (Lipinski definition) is 5. The van der Waals surface area contributed by atoms with Gasteiger partial charge in [-0.05, 0) is 45.3 Å². The first-order valence-electron chi connectivity index (χ1n) is 7.13. The van der Waals surface area contributed by atoms with Gasteiger partial charge in [0, 0.05) is 18.4 Å². The van der Waals surface area contributed by atoms with Gasteiger partial charge in [0.2, 0.25) is 0 Å². The van der Waals surface area contributed by atoms with E-state index in [4.69, 9.17) is 0 Å². The maximum absolute atomic E-state index is 12.5. The number of hydrogen-bond donors (Lipinski definition) is 1. The molecule has 5 nitrogen and oxygen atoms in total. The lowest BCUT2D eigenvalue weighted by atomic mass is 10.0. The second-order valence-corrected chi connectivity index (χ2v) is 5.33. The number of carbonyl (C=O) groups excluding carboxylic acids is 1. The molecule has 1 atom stereocenters. The van der Waals surface area contributed by atoms with E-state index in [1.54, 1.807) is 18.6 Å². The fourth-order valence-corrected chi connectivity index (χ4v) is 3.24. The molecule has 0 bridgehead atoms. The first-order chi connectivity index (χ1) is 9.36. The van der Waals surface area contributed by atoms with Gasteiger partial charge in [-0.3, -0.25) is 14.7 Å². The van der Waals surface area contributed by atoms with Gasteiger partial charge in [-0.15, -0.1) is 0 Å². The van der Waals surface area contributed by atoms with E-state index >= 15 is 0 Å². The summed E-state index contributed by atoms with van der Waals surface area (Å²) in [6.07, 6.45) is 9.14. The highest BCUT2D eigenvalue weighted by atomic mass is 16.1. The summed E-state index contributed by atoms with van der Waals surface area (Å²) in [7, 11) is 0. The van der Waals surface area contributed by atoms with Crippen molar-refractivity contribution in [1.29, 1.82) is 0 Å². The largest absolute Gasteiger partial charge is 0.317 e. The topological polar surface area (TPSA) is 58.1 Å². The normalized spacial score (nSPS) is 25.6. The SMILES string of the molecule is O=C(c1cnccn1)C1CCCN1C1CCNCC1. The minimum atomic E-state index is 0.0137. The van der Waals surface area contributed by atoms with Crippen molar-refractivity contribution in [2.75, 3.05) is 19.6 Å². The summed E-state index contributed by atoms with van der Waals surface area (Å²) in [6.45, 7) is 3.17. The third-order valence-corrected chi connectivity index (χ3v) is 4.19. The van der Waals surface area contributed by atoms with Crippen LogP contribution in [0.15, 0.2) is 18.6 Å². The Bertz CT molecular complexity index is 430. The molecule has 2 fully saturated rings. The van der Waals surface area contributed by atoms with Crippen LogP contribution in [0.2, 0.25) is 0 Å². The lowest BCUT2D eigenvalue weighted by Gasteiger charge is -2.35. The summed E-state index contributed by atoms with van der Waals surface area (Å²) < 4.78 is 0. The Balaban J connectivity index is 1.74. The molecule has 2 aliphatic heterocycles. The van der Waals surface area contributed by atoms with Gasteiger partial charge in [-0.2, -0.15) is 0 Å². The number of aromatic nitrogens is 2. The molecular weight excluding hydrogens is 240 g/mol. The second kappa shape index (κ2) is 5.75. The Morgan fingerprint density at radius 1 is 1.26 bits per heavy atom. The molecule has 2 aliphatic rings. The number of nitrogens with one attached hydrogen (secondary N) is 1. The number of carbonyl (C=O) groups is 1. The zero-order valence-electron chi connectivity index (χ0n) is 11.1. The maximum atomic E-state index is 12.5. The van der Waals surface area contributed by atoms with E-state index in [0.717, 1.165) is 45.3 Å². The van der Waals surface area contributed by atoms with Gasteiger partial charge in [-0.25, -0.2) is 4.98 Å². The lowest BCUT2D eigenvalue weighted by molar-refractivity contribution is 0.0778. The minimum absolute atomic E-state index is 0.0137. The molecular formula is C14H20N4O. The molecule has 1 aromatic heterocycles. The molecule has 0 aromatic carbocycles. The molecule has 2 saturated heterocycles. The summed E-state index contributed by atoms with van der Waals surface area (Å²) in [4.78, 5) is 23.1. The number of ketones is 1. The molecule has 0 radical (unpaired) electrons. The van der Waals surface area contributed by atoms with Crippen molar-refractivity contribution >= 4 is 5.78 Å². The number of nitrogens with zero attached hydrogens (tertiary/aromatic N) is 3. The molecule has 0 aliphatic carbocycles. The molecule has 0 amide bonds. The Morgan fingerprint density at radius 2 is 2.11 bits per heavy atom. The molecule has 3 rings (SSSR count). The van der Waals surface area contributed by atoms with E-state index in [1.165, 1.54) is 0 Å². The molecule has 1 aromatic rings. The molecule has 0 spiro atoms. The van der Waals surface area contributed by atoms with Crippen LogP contribution in [0.4, 0.5) is 0 Å². The van der Waals surface area contributed by atoms with Crippen LogP contribution in [0.5, 0.6) is 0 Å². The Kier molecular flexibility index (Phi) is 3.84. The predicted molar refractivity (Wildman–Crippen MR) is 72.0 cm³/mol. The van der Waals surface area contributed by atoms with E-state index < -0.39 is 0 Å². The van der Waals surface area contributed by atoms with E-state index in [-0.39, 0.29) is 11.8 Å². The zero-order chi connectivity index (χ0) is 13.1. The van der Waals surface area contributed by atoms with Crippen LogP contribution in [-0.4, -0.2) is 52.4 Å². The highest BCUT2D eigenvalue weighted by molar-refractivity contribution is 5.98. The van der Waals surface area contributed by atoms with Crippen LogP contribution >= 0.6 is 0 Å². The molecule has 1 N–H and O–H groups in total. The van der Waals surface area contributed by atoms with Crippen molar-refractivity contribution in [3.05, 3.63) is 24.3 Å². The van der Waals surface area contributed by atoms with Crippen molar-refractivity contribution in [1.82, 2.24) is 20.2 Å². The third kappa shape index (κ3) is 2.67. The summed E-state index contributed by atoms with van der Waals surface area (Å²) in [5.74, 6) is 0.143. The molecule has 5 heteroatoms. The summed E-state index contributed by atoms with van der Waals surface area (Å²) >= 11 is 0. The van der Waals surface area contributed by atoms with E-state index in [0.29, 0.717) is 11.7 Å². The van der Waals surface area contributed by atoms with E-state index in [1.807, 2.05) is 0 Å². The van der Waals surface area contributed by atoms with Gasteiger partial charge in [0.1, 0.15) is 5.69 Å². The highest BCUT2D eigenvalue weighted by Gasteiger charge is 2.36. The average molecular weight is 260 g/mol. The van der Waals surface area contributed by atoms with Gasteiger partial charge in [0.25, 0.3) is 0 Å². The average Bonchev–Trinajstić information content (AvgIpc) is 2.98. The van der Waals surface area contributed by atoms with Crippen molar-refractivity contribution < 1.29 is 4.79 Å². The van der Waals surface area contributed by atoms with Crippen molar-refractivity contribution in [2.45, 2.75) is 37.8 Å². The fraction of sp³-hybridized carbons (Fsp3) is 0.643. The second-order valence-electron chi connectivity index (χ2n) is 5.33. The van der Waals surface area contributed by atoms with Crippen LogP contribution in [0.1, 0.15) is 36.2 Å². The maximum Gasteiger partial charge on any atom is 0.199 e. The smallest absolute Gasteiger partial charge is 0.199 e. The quantitative estimate of drug-likeness (QED) is 0.817. The van der Waals surface area contributed by atoms with E-state index in [2.05, 4.69) is 20.2 Å². The Hall–Kier alpha value is -1.33. The van der Waals surface area contributed by atoms with Gasteiger partial charge in [-0.1, -0.05) is 0 Å². The van der Waals surface area contributed by atoms with Crippen LogP contribution in [-0.2, 0) is 0 Å². The molecule has 0 saturated carbocycles. The predicted octanol–water partition coefficient (Wildman–Crippen LogP) is 0.876. The van der Waals surface area contributed by atoms with Crippen molar-refractivity contribution in [2.24, 2.45) is 0 Å². The molecule has 3 heterocycles. The minimum Gasteiger partial charge on any atom is -0.317 e. The zero-order valence-corrected chi connectivity index (χ0v) is 11.1. The third-order valence-electron chi connectivity index (χ3n) is 4.19.